The molecule has 0 aromatic rings. The van der Waals surface area contributed by atoms with Gasteiger partial charge >= 0.3 is 0 Å². The summed E-state index contributed by atoms with van der Waals surface area (Å²) in [6, 6.07) is -3.35. The van der Waals surface area contributed by atoms with E-state index in [1.165, 1.54) is 20.8 Å². The molecule has 19 heteroatoms. The van der Waals surface area contributed by atoms with Gasteiger partial charge in [-0.15, -0.1) is 0 Å². The highest BCUT2D eigenvalue weighted by Gasteiger charge is 2.48. The molecule has 272 valence electrons. The number of hydrogen-bond acceptors (Lipinski definition) is 16. The molecule has 0 aliphatic carbocycles. The lowest BCUT2D eigenvalue weighted by Crippen LogP contribution is -2.65. The Balaban J connectivity index is 1.66. The summed E-state index contributed by atoms with van der Waals surface area (Å²) >= 11 is 0. The van der Waals surface area contributed by atoms with E-state index in [2.05, 4.69) is 16.0 Å². The third-order valence-electron chi connectivity index (χ3n) is 8.62. The van der Waals surface area contributed by atoms with Crippen molar-refractivity contribution in [2.75, 3.05) is 46.2 Å². The van der Waals surface area contributed by atoms with Gasteiger partial charge < -0.3 is 80.5 Å². The van der Waals surface area contributed by atoms with Crippen molar-refractivity contribution >= 4 is 17.7 Å². The van der Waals surface area contributed by atoms with Crippen LogP contribution in [0.3, 0.4) is 0 Å². The van der Waals surface area contributed by atoms with E-state index in [-0.39, 0.29) is 26.4 Å². The first kappa shape index (κ1) is 39.3. The van der Waals surface area contributed by atoms with Crippen molar-refractivity contribution in [2.24, 2.45) is 11.8 Å². The molecular formula is C28H49N3O16. The van der Waals surface area contributed by atoms with Crippen LogP contribution in [0.1, 0.15) is 20.8 Å². The summed E-state index contributed by atoms with van der Waals surface area (Å²) in [4.78, 5) is 35.3. The van der Waals surface area contributed by atoms with Crippen LogP contribution in [0.15, 0.2) is 0 Å². The fraction of sp³-hybridized carbons (Fsp3) is 0.893. The number of hydrogen-bond donors (Lipinski definition) is 11. The molecule has 3 aliphatic rings. The van der Waals surface area contributed by atoms with Gasteiger partial charge in [-0.1, -0.05) is 0 Å². The lowest BCUT2D eigenvalue weighted by Gasteiger charge is -2.46. The zero-order valence-electron chi connectivity index (χ0n) is 26.5. The third kappa shape index (κ3) is 9.97. The summed E-state index contributed by atoms with van der Waals surface area (Å²) in [6.07, 6.45) is -12.5. The van der Waals surface area contributed by atoms with Gasteiger partial charge in [0, 0.05) is 32.6 Å². The minimum absolute atomic E-state index is 0.248. The van der Waals surface area contributed by atoms with E-state index >= 15 is 0 Å². The number of aliphatic hydroxyl groups is 8. The van der Waals surface area contributed by atoms with E-state index in [1.807, 2.05) is 0 Å². The average molecular weight is 684 g/mol. The summed E-state index contributed by atoms with van der Waals surface area (Å²) in [7, 11) is 0. The average Bonchev–Trinajstić information content (AvgIpc) is 3.01. The molecule has 3 heterocycles. The highest BCUT2D eigenvalue weighted by atomic mass is 16.6. The lowest BCUT2D eigenvalue weighted by atomic mass is 9.85. The normalized spacial score (nSPS) is 40.8. The highest BCUT2D eigenvalue weighted by Crippen LogP contribution is 2.30. The molecule has 3 amide bonds. The van der Waals surface area contributed by atoms with Gasteiger partial charge in [-0.3, -0.25) is 14.4 Å². The van der Waals surface area contributed by atoms with Crippen molar-refractivity contribution in [3.8, 4) is 0 Å². The van der Waals surface area contributed by atoms with Crippen LogP contribution in [0.2, 0.25) is 0 Å². The summed E-state index contributed by atoms with van der Waals surface area (Å²) in [5.74, 6) is -3.37. The summed E-state index contributed by atoms with van der Waals surface area (Å²) in [5, 5.41) is 90.0. The molecule has 47 heavy (non-hydrogen) atoms. The molecular weight excluding hydrogens is 634 g/mol. The summed E-state index contributed by atoms with van der Waals surface area (Å²) in [5.41, 5.74) is 0. The third-order valence-corrected chi connectivity index (χ3v) is 8.62. The standard InChI is InChI=1S/C28H49N3O16/c1-11(35)29-21-19(9-44-8-15-17(5-33)47-28(42)23(25(15)39)31-13(3)37)45-16(4-32)14(24(21)38)7-43-10-20-22(30-12(2)36)27(41)26(40)18(6-34)46-20/h14-28,32-34,38-42H,4-10H2,1-3H3,(H,29,35)(H,30,36)(H,31,37)/t14-,15-,16-,17+,18-,19+,20+,21-,22-,23-,24+,25+,26-,27-,28-/m1/s1. The predicted molar refractivity (Wildman–Crippen MR) is 155 cm³/mol. The number of ether oxygens (including phenoxy) is 5. The molecule has 3 fully saturated rings. The van der Waals surface area contributed by atoms with Gasteiger partial charge in [0.05, 0.1) is 82.7 Å². The molecule has 15 atom stereocenters. The zero-order valence-corrected chi connectivity index (χ0v) is 26.5. The van der Waals surface area contributed by atoms with Crippen LogP contribution in [-0.2, 0) is 38.1 Å². The highest BCUT2D eigenvalue weighted by molar-refractivity contribution is 5.74. The minimum Gasteiger partial charge on any atom is -0.394 e. The fourth-order valence-corrected chi connectivity index (χ4v) is 6.24. The largest absolute Gasteiger partial charge is 0.394 e. The number of carbonyl (C=O) groups is 3. The molecule has 0 spiro atoms. The van der Waals surface area contributed by atoms with Crippen molar-refractivity contribution in [1.29, 1.82) is 0 Å². The Morgan fingerprint density at radius 3 is 1.34 bits per heavy atom. The predicted octanol–water partition coefficient (Wildman–Crippen LogP) is -6.56. The number of nitrogens with one attached hydrogen (secondary N) is 3. The van der Waals surface area contributed by atoms with E-state index in [0.29, 0.717) is 0 Å². The second-order valence-electron chi connectivity index (χ2n) is 12.1. The van der Waals surface area contributed by atoms with Crippen LogP contribution in [0.4, 0.5) is 0 Å². The Bertz CT molecular complexity index is 1030. The second kappa shape index (κ2) is 18.0. The molecule has 0 bridgehead atoms. The first-order valence-electron chi connectivity index (χ1n) is 15.4. The van der Waals surface area contributed by atoms with Crippen LogP contribution in [0.25, 0.3) is 0 Å². The van der Waals surface area contributed by atoms with Crippen LogP contribution >= 0.6 is 0 Å². The van der Waals surface area contributed by atoms with Crippen LogP contribution in [0, 0.1) is 11.8 Å². The molecule has 3 saturated heterocycles. The van der Waals surface area contributed by atoms with E-state index in [0.717, 1.165) is 0 Å². The van der Waals surface area contributed by atoms with E-state index in [1.54, 1.807) is 0 Å². The van der Waals surface area contributed by atoms with Crippen molar-refractivity contribution in [3.05, 3.63) is 0 Å². The number of amides is 3. The van der Waals surface area contributed by atoms with E-state index < -0.39 is 129 Å². The minimum atomic E-state index is -1.58. The molecule has 3 aliphatic heterocycles. The van der Waals surface area contributed by atoms with Crippen molar-refractivity contribution < 1.29 is 78.9 Å². The molecule has 0 aromatic carbocycles. The topological polar surface area (TPSA) is 295 Å². The fourth-order valence-electron chi connectivity index (χ4n) is 6.24. The lowest BCUT2D eigenvalue weighted by molar-refractivity contribution is -0.248. The Hall–Kier alpha value is -2.11. The first-order chi connectivity index (χ1) is 22.2. The van der Waals surface area contributed by atoms with Gasteiger partial charge in [0.25, 0.3) is 0 Å². The summed E-state index contributed by atoms with van der Waals surface area (Å²) < 4.78 is 28.6. The SMILES string of the molecule is CC(=O)N[C@@H]1[C@@H](O)[C@H](COC[C@@H]2O[C@H](CO)[C@@H](COC[C@@H]3O[C@H](CO)[C@@H](O)[C@H](O)[C@@H]3NC(C)=O)[C@H](O)[C@@H]2NC(C)=O)[C@H](CO)O[C@H]1O. The zero-order chi connectivity index (χ0) is 35.0. The molecule has 3 rings (SSSR count). The number of rotatable bonds is 14. The first-order valence-corrected chi connectivity index (χ1v) is 15.4. The molecule has 0 saturated carbocycles. The van der Waals surface area contributed by atoms with Gasteiger partial charge in [-0.05, 0) is 0 Å². The number of carbonyl (C=O) groups excluding carboxylic acids is 3. The van der Waals surface area contributed by atoms with Crippen molar-refractivity contribution in [1.82, 2.24) is 16.0 Å². The number of aliphatic hydroxyl groups excluding tert-OH is 8. The maximum absolute atomic E-state index is 12.1. The smallest absolute Gasteiger partial charge is 0.217 e. The van der Waals surface area contributed by atoms with E-state index in [4.69, 9.17) is 23.7 Å². The van der Waals surface area contributed by atoms with Gasteiger partial charge in [0.2, 0.25) is 17.7 Å². The van der Waals surface area contributed by atoms with Crippen LogP contribution < -0.4 is 16.0 Å². The molecule has 0 unspecified atom stereocenters. The van der Waals surface area contributed by atoms with Crippen molar-refractivity contribution in [2.45, 2.75) is 100 Å². The molecule has 0 aromatic heterocycles. The van der Waals surface area contributed by atoms with Gasteiger partial charge in [0.15, 0.2) is 6.29 Å². The Labute approximate surface area is 271 Å². The summed E-state index contributed by atoms with van der Waals surface area (Å²) in [6.45, 7) is 0.839. The molecule has 11 N–H and O–H groups in total. The Morgan fingerprint density at radius 1 is 0.511 bits per heavy atom. The van der Waals surface area contributed by atoms with Crippen molar-refractivity contribution in [3.63, 3.8) is 0 Å². The van der Waals surface area contributed by atoms with Crippen LogP contribution in [0.5, 0.6) is 0 Å². The Morgan fingerprint density at radius 2 is 0.894 bits per heavy atom. The van der Waals surface area contributed by atoms with Gasteiger partial charge in [-0.2, -0.15) is 0 Å². The van der Waals surface area contributed by atoms with Gasteiger partial charge in [-0.25, -0.2) is 0 Å². The molecule has 19 nitrogen and oxygen atoms in total. The van der Waals surface area contributed by atoms with Crippen LogP contribution in [-0.4, -0.2) is 184 Å². The quantitative estimate of drug-likeness (QED) is 0.0811. The maximum atomic E-state index is 12.1. The monoisotopic (exact) mass is 683 g/mol. The Kier molecular flexibility index (Phi) is 15.1. The maximum Gasteiger partial charge on any atom is 0.217 e. The van der Waals surface area contributed by atoms with E-state index in [9.17, 15) is 55.2 Å². The van der Waals surface area contributed by atoms with Gasteiger partial charge in [0.1, 0.15) is 36.6 Å². The second-order valence-corrected chi connectivity index (χ2v) is 12.1. The molecule has 0 radical (unpaired) electrons.